The van der Waals surface area contributed by atoms with Crippen molar-refractivity contribution in [1.82, 2.24) is 40.1 Å². The first kappa shape index (κ1) is 43.7. The second-order valence-corrected chi connectivity index (χ2v) is 14.8. The standard InChI is InChI=1S/C25H17FN6.C25H19FN4.C2H6.C2H2/c26-16-6-4-14(5-7-16)18-2-1-3-21-19(18)11-23(29-21)25-24-22(31-32-25)9-8-20(30-24)15-10-17(27)13-28-12-15;26-17-6-3-5-16(13-17)19-7-4-9-22-20(19)14-18(29-22)15-25-21(27)10-11-24(30-25)23-8-1-2-12-28-23;2*1-2/h1-13,29H,27H2,(H,31,32);1-14,29H,15,27H2;1-2H3;1-2H. The molecule has 12 heteroatoms. The van der Waals surface area contributed by atoms with E-state index in [-0.39, 0.29) is 11.6 Å². The van der Waals surface area contributed by atoms with Gasteiger partial charge in [0.25, 0.3) is 0 Å². The molecule has 7 aromatic heterocycles. The predicted molar refractivity (Wildman–Crippen MR) is 264 cm³/mol. The summed E-state index contributed by atoms with van der Waals surface area (Å²) in [6.07, 6.45) is 13.7. The summed E-state index contributed by atoms with van der Waals surface area (Å²) in [5.41, 5.74) is 27.2. The third-order valence-electron chi connectivity index (χ3n) is 10.7. The van der Waals surface area contributed by atoms with Crippen LogP contribution in [0.4, 0.5) is 20.2 Å². The molecule has 0 aliphatic heterocycles. The Morgan fingerprint density at radius 3 is 2.05 bits per heavy atom. The lowest BCUT2D eigenvalue weighted by atomic mass is 10.0. The highest BCUT2D eigenvalue weighted by Crippen LogP contribution is 2.35. The lowest BCUT2D eigenvalue weighted by Gasteiger charge is -2.07. The normalized spacial score (nSPS) is 10.7. The van der Waals surface area contributed by atoms with Gasteiger partial charge < -0.3 is 21.4 Å². The molecule has 0 atom stereocenters. The van der Waals surface area contributed by atoms with E-state index >= 15 is 0 Å². The van der Waals surface area contributed by atoms with Crippen LogP contribution < -0.4 is 11.5 Å². The first-order chi connectivity index (χ1) is 32.3. The van der Waals surface area contributed by atoms with Crippen molar-refractivity contribution in [3.8, 4) is 69.1 Å². The number of terminal acetylenes is 1. The SMILES string of the molecule is C#C.CC.Nc1ccc(-c2ccccn2)nc1Cc1cc2c(-c3cccc(F)c3)cccc2[nH]1.Nc1cncc(-c2ccc3[nH]nc(-c4cc5c(-c6ccc(F)cc6)cccc5[nH]4)c3n2)c1. The number of aromatic nitrogens is 8. The monoisotopic (exact) mass is 870 g/mol. The van der Waals surface area contributed by atoms with E-state index in [2.05, 4.69) is 55.1 Å². The van der Waals surface area contributed by atoms with Crippen LogP contribution >= 0.6 is 0 Å². The van der Waals surface area contributed by atoms with Gasteiger partial charge in [0.2, 0.25) is 0 Å². The zero-order valence-electron chi connectivity index (χ0n) is 36.1. The fourth-order valence-electron chi connectivity index (χ4n) is 7.72. The fraction of sp³-hybridized carbons (Fsp3) is 0.0556. The summed E-state index contributed by atoms with van der Waals surface area (Å²) in [7, 11) is 0. The van der Waals surface area contributed by atoms with Crippen LogP contribution in [-0.2, 0) is 6.42 Å². The van der Waals surface area contributed by atoms with Crippen LogP contribution in [0.1, 0.15) is 25.2 Å². The molecule has 4 aromatic carbocycles. The molecule has 7 heterocycles. The van der Waals surface area contributed by atoms with Gasteiger partial charge in [-0.05, 0) is 113 Å². The number of H-pyrrole nitrogens is 3. The van der Waals surface area contributed by atoms with Gasteiger partial charge in [-0.1, -0.05) is 68.4 Å². The number of nitrogens with one attached hydrogen (secondary N) is 3. The van der Waals surface area contributed by atoms with Crippen molar-refractivity contribution in [1.29, 1.82) is 0 Å². The summed E-state index contributed by atoms with van der Waals surface area (Å²) < 4.78 is 27.1. The van der Waals surface area contributed by atoms with Crippen LogP contribution in [0, 0.1) is 24.5 Å². The smallest absolute Gasteiger partial charge is 0.135 e. The molecule has 324 valence electrons. The largest absolute Gasteiger partial charge is 0.397 e. The minimum Gasteiger partial charge on any atom is -0.397 e. The quantitative estimate of drug-likeness (QED) is 0.0995. The Hall–Kier alpha value is -8.95. The van der Waals surface area contributed by atoms with Gasteiger partial charge in [0.1, 0.15) is 22.8 Å². The highest BCUT2D eigenvalue weighted by atomic mass is 19.1. The number of nitrogens with two attached hydrogens (primary N) is 2. The molecule has 0 saturated carbocycles. The summed E-state index contributed by atoms with van der Waals surface area (Å²) in [6.45, 7) is 4.00. The number of nitrogens with zero attached hydrogens (tertiary/aromatic N) is 5. The van der Waals surface area contributed by atoms with Crippen LogP contribution in [0.25, 0.3) is 89.1 Å². The van der Waals surface area contributed by atoms with Gasteiger partial charge in [-0.15, -0.1) is 12.8 Å². The molecule has 11 rings (SSSR count). The molecule has 0 bridgehead atoms. The Kier molecular flexibility index (Phi) is 13.0. The van der Waals surface area contributed by atoms with E-state index in [0.29, 0.717) is 17.8 Å². The average molecular weight is 871 g/mol. The Morgan fingerprint density at radius 2 is 1.30 bits per heavy atom. The van der Waals surface area contributed by atoms with Gasteiger partial charge in [0.15, 0.2) is 0 Å². The third-order valence-corrected chi connectivity index (χ3v) is 10.7. The Labute approximate surface area is 379 Å². The van der Waals surface area contributed by atoms with Crippen molar-refractivity contribution < 1.29 is 8.78 Å². The van der Waals surface area contributed by atoms with E-state index in [1.165, 1.54) is 18.2 Å². The molecule has 0 spiro atoms. The number of hydrogen-bond donors (Lipinski definition) is 5. The number of benzene rings is 4. The highest BCUT2D eigenvalue weighted by molar-refractivity contribution is 6.00. The topological polar surface area (TPSA) is 164 Å². The summed E-state index contributed by atoms with van der Waals surface area (Å²) in [6, 6.07) is 44.5. The molecule has 0 radical (unpaired) electrons. The molecule has 0 amide bonds. The van der Waals surface area contributed by atoms with E-state index in [1.54, 1.807) is 42.9 Å². The van der Waals surface area contributed by atoms with E-state index in [9.17, 15) is 8.78 Å². The molecule has 0 saturated heterocycles. The lowest BCUT2D eigenvalue weighted by Crippen LogP contribution is -2.01. The van der Waals surface area contributed by atoms with Crippen LogP contribution in [-0.4, -0.2) is 40.1 Å². The van der Waals surface area contributed by atoms with Crippen LogP contribution in [0.3, 0.4) is 0 Å². The highest BCUT2D eigenvalue weighted by Gasteiger charge is 2.16. The number of rotatable bonds is 7. The number of hydrogen-bond acceptors (Lipinski definition) is 7. The maximum atomic E-state index is 13.7. The zero-order chi connectivity index (χ0) is 46.2. The molecule has 0 aliphatic rings. The van der Waals surface area contributed by atoms with Crippen LogP contribution in [0.2, 0.25) is 0 Å². The number of nitrogen functional groups attached to an aromatic ring is 2. The van der Waals surface area contributed by atoms with Crippen molar-refractivity contribution in [2.45, 2.75) is 20.3 Å². The van der Waals surface area contributed by atoms with Gasteiger partial charge in [-0.2, -0.15) is 5.10 Å². The van der Waals surface area contributed by atoms with E-state index in [1.807, 2.05) is 105 Å². The number of fused-ring (bicyclic) bond motifs is 3. The predicted octanol–water partition coefficient (Wildman–Crippen LogP) is 12.4. The van der Waals surface area contributed by atoms with Crippen molar-refractivity contribution >= 4 is 44.2 Å². The average Bonchev–Trinajstić information content (AvgIpc) is 4.11. The molecule has 11 aromatic rings. The molecule has 10 nitrogen and oxygen atoms in total. The minimum absolute atomic E-state index is 0.247. The Balaban J connectivity index is 0.000000167. The number of pyridine rings is 4. The van der Waals surface area contributed by atoms with Gasteiger partial charge in [0.05, 0.1) is 45.4 Å². The second kappa shape index (κ2) is 19.6. The lowest BCUT2D eigenvalue weighted by molar-refractivity contribution is 0.628. The zero-order valence-corrected chi connectivity index (χ0v) is 36.1. The van der Waals surface area contributed by atoms with Crippen molar-refractivity contribution in [2.75, 3.05) is 11.5 Å². The van der Waals surface area contributed by atoms with E-state index in [0.717, 1.165) is 101 Å². The molecular weight excluding hydrogens is 827 g/mol. The number of anilines is 2. The van der Waals surface area contributed by atoms with E-state index in [4.69, 9.17) is 21.4 Å². The summed E-state index contributed by atoms with van der Waals surface area (Å²) in [5, 5.41) is 9.65. The van der Waals surface area contributed by atoms with Gasteiger partial charge in [-0.25, -0.2) is 18.7 Å². The third kappa shape index (κ3) is 9.22. The molecule has 7 N–H and O–H groups in total. The Morgan fingerprint density at radius 1 is 0.576 bits per heavy atom. The fourth-order valence-corrected chi connectivity index (χ4v) is 7.72. The van der Waals surface area contributed by atoms with Crippen LogP contribution in [0.15, 0.2) is 164 Å². The summed E-state index contributed by atoms with van der Waals surface area (Å²) in [4.78, 5) is 25.0. The molecule has 0 fully saturated rings. The molecule has 0 aliphatic carbocycles. The first-order valence-corrected chi connectivity index (χ1v) is 21.1. The van der Waals surface area contributed by atoms with Crippen LogP contribution in [0.5, 0.6) is 0 Å². The summed E-state index contributed by atoms with van der Waals surface area (Å²) >= 11 is 0. The van der Waals surface area contributed by atoms with Gasteiger partial charge >= 0.3 is 0 Å². The van der Waals surface area contributed by atoms with Crippen molar-refractivity contribution in [2.24, 2.45) is 0 Å². The molecular formula is C54H44F2N10. The van der Waals surface area contributed by atoms with Gasteiger partial charge in [-0.3, -0.25) is 15.1 Å². The maximum Gasteiger partial charge on any atom is 0.135 e. The Bertz CT molecular complexity index is 3440. The van der Waals surface area contributed by atoms with Crippen molar-refractivity contribution in [3.05, 3.63) is 187 Å². The minimum atomic E-state index is -0.254. The first-order valence-electron chi connectivity index (χ1n) is 21.1. The van der Waals surface area contributed by atoms with Crippen molar-refractivity contribution in [3.63, 3.8) is 0 Å². The molecule has 66 heavy (non-hydrogen) atoms. The molecule has 0 unspecified atom stereocenters. The van der Waals surface area contributed by atoms with E-state index < -0.39 is 0 Å². The second-order valence-electron chi connectivity index (χ2n) is 14.8. The maximum absolute atomic E-state index is 13.7. The number of halogens is 2. The number of aromatic amines is 3. The van der Waals surface area contributed by atoms with Gasteiger partial charge in [0, 0.05) is 58.1 Å². The summed E-state index contributed by atoms with van der Waals surface area (Å²) in [5.74, 6) is -0.500.